The molecule has 16 heavy (non-hydrogen) atoms. The first-order chi connectivity index (χ1) is 7.29. The molecule has 0 aromatic heterocycles. The molecule has 2 heterocycles. The Morgan fingerprint density at radius 3 is 2.69 bits per heavy atom. The first-order valence-electron chi connectivity index (χ1n) is 5.63. The number of hydrogen-bond donors (Lipinski definition) is 1. The second kappa shape index (κ2) is 3.60. The molecule has 92 valence electrons. The number of ether oxygens (including phenoxy) is 2. The Bertz CT molecular complexity index is 299. The highest BCUT2D eigenvalue weighted by molar-refractivity contribution is 5.69. The zero-order valence-electron chi connectivity index (χ0n) is 10.1. The molecule has 4 atom stereocenters. The van der Waals surface area contributed by atoms with Gasteiger partial charge in [0.25, 0.3) is 0 Å². The molecule has 2 fully saturated rings. The van der Waals surface area contributed by atoms with Gasteiger partial charge < -0.3 is 19.5 Å². The van der Waals surface area contributed by atoms with Gasteiger partial charge in [-0.2, -0.15) is 0 Å². The fourth-order valence-electron chi connectivity index (χ4n) is 1.98. The van der Waals surface area contributed by atoms with Crippen molar-refractivity contribution in [3.63, 3.8) is 0 Å². The molecular weight excluding hydrogens is 210 g/mol. The van der Waals surface area contributed by atoms with Crippen LogP contribution in [-0.2, 0) is 9.47 Å². The predicted molar refractivity (Wildman–Crippen MR) is 57.1 cm³/mol. The fourth-order valence-corrected chi connectivity index (χ4v) is 1.98. The standard InChI is InChI=1S/C11H19NO4/c1-6-8(13)9-7(15-9)5-12(6)10(14)16-11(2,3)4/h6-9,13H,5H2,1-4H3/t6-,7+,8-,9+/m0/s1. The van der Waals surface area contributed by atoms with Crippen molar-refractivity contribution in [2.75, 3.05) is 6.54 Å². The zero-order chi connectivity index (χ0) is 12.1. The van der Waals surface area contributed by atoms with Crippen LogP contribution in [0.15, 0.2) is 0 Å². The summed E-state index contributed by atoms with van der Waals surface area (Å²) >= 11 is 0. The molecule has 2 aliphatic heterocycles. The van der Waals surface area contributed by atoms with Crippen molar-refractivity contribution in [3.05, 3.63) is 0 Å². The van der Waals surface area contributed by atoms with Gasteiger partial charge in [0.05, 0.1) is 12.6 Å². The van der Waals surface area contributed by atoms with Crippen LogP contribution in [0.25, 0.3) is 0 Å². The summed E-state index contributed by atoms with van der Waals surface area (Å²) in [6.45, 7) is 7.80. The van der Waals surface area contributed by atoms with Crippen LogP contribution in [-0.4, -0.2) is 52.6 Å². The Balaban J connectivity index is 2.00. The summed E-state index contributed by atoms with van der Waals surface area (Å²) in [5.74, 6) is 0. The third-order valence-electron chi connectivity index (χ3n) is 2.95. The lowest BCUT2D eigenvalue weighted by atomic mass is 10.0. The number of aliphatic hydroxyl groups is 1. The molecule has 2 saturated heterocycles. The van der Waals surface area contributed by atoms with Gasteiger partial charge in [-0.3, -0.25) is 0 Å². The van der Waals surface area contributed by atoms with Crippen LogP contribution in [0.2, 0.25) is 0 Å². The number of piperidine rings is 1. The van der Waals surface area contributed by atoms with Crippen LogP contribution >= 0.6 is 0 Å². The summed E-state index contributed by atoms with van der Waals surface area (Å²) in [5, 5.41) is 9.83. The van der Waals surface area contributed by atoms with E-state index < -0.39 is 11.7 Å². The topological polar surface area (TPSA) is 62.3 Å². The highest BCUT2D eigenvalue weighted by Gasteiger charge is 2.54. The lowest BCUT2D eigenvalue weighted by Gasteiger charge is -2.35. The average Bonchev–Trinajstić information content (AvgIpc) is 2.87. The zero-order valence-corrected chi connectivity index (χ0v) is 10.1. The number of rotatable bonds is 0. The van der Waals surface area contributed by atoms with Gasteiger partial charge in [-0.15, -0.1) is 0 Å². The number of carbonyl (C=O) groups excluding carboxylic acids is 1. The molecule has 0 bridgehead atoms. The first-order valence-corrected chi connectivity index (χ1v) is 5.63. The van der Waals surface area contributed by atoms with Gasteiger partial charge in [-0.05, 0) is 27.7 Å². The number of likely N-dealkylation sites (tertiary alicyclic amines) is 1. The Morgan fingerprint density at radius 2 is 2.12 bits per heavy atom. The minimum atomic E-state index is -0.605. The summed E-state index contributed by atoms with van der Waals surface area (Å²) in [5.41, 5.74) is -0.511. The molecule has 0 saturated carbocycles. The molecule has 2 aliphatic rings. The lowest BCUT2D eigenvalue weighted by molar-refractivity contribution is -0.0110. The number of nitrogens with zero attached hydrogens (tertiary/aromatic N) is 1. The number of amides is 1. The molecule has 1 N–H and O–H groups in total. The first kappa shape index (κ1) is 11.7. The summed E-state index contributed by atoms with van der Waals surface area (Å²) in [7, 11) is 0. The SMILES string of the molecule is C[C@H]1[C@H](O)[C@@H]2O[C@@H]2CN1C(=O)OC(C)(C)C. The number of fused-ring (bicyclic) bond motifs is 1. The molecule has 0 unspecified atom stereocenters. The molecule has 5 heteroatoms. The van der Waals surface area contributed by atoms with Gasteiger partial charge in [0.2, 0.25) is 0 Å². The normalized spacial score (nSPS) is 37.9. The second-order valence-electron chi connectivity index (χ2n) is 5.50. The minimum absolute atomic E-state index is 0.0151. The summed E-state index contributed by atoms with van der Waals surface area (Å²) in [6.07, 6.45) is -1.09. The van der Waals surface area contributed by atoms with E-state index in [1.165, 1.54) is 0 Å². The molecule has 0 aliphatic carbocycles. The number of epoxide rings is 1. The van der Waals surface area contributed by atoms with Crippen LogP contribution in [0.5, 0.6) is 0 Å². The van der Waals surface area contributed by atoms with E-state index >= 15 is 0 Å². The van der Waals surface area contributed by atoms with Crippen LogP contribution in [0.4, 0.5) is 4.79 Å². The van der Waals surface area contributed by atoms with Crippen LogP contribution in [0.1, 0.15) is 27.7 Å². The predicted octanol–water partition coefficient (Wildman–Crippen LogP) is 0.754. The van der Waals surface area contributed by atoms with Gasteiger partial charge in [-0.1, -0.05) is 0 Å². The number of aliphatic hydroxyl groups excluding tert-OH is 1. The van der Waals surface area contributed by atoms with Gasteiger partial charge in [0.15, 0.2) is 0 Å². The summed E-state index contributed by atoms with van der Waals surface area (Å²) < 4.78 is 10.6. The van der Waals surface area contributed by atoms with E-state index in [4.69, 9.17) is 9.47 Å². The van der Waals surface area contributed by atoms with E-state index in [0.717, 1.165) is 0 Å². The molecule has 0 radical (unpaired) electrons. The van der Waals surface area contributed by atoms with Gasteiger partial charge in [0, 0.05) is 0 Å². The Kier molecular flexibility index (Phi) is 2.62. The molecule has 1 amide bonds. The molecular formula is C11H19NO4. The third kappa shape index (κ3) is 2.15. The second-order valence-corrected chi connectivity index (χ2v) is 5.50. The van der Waals surface area contributed by atoms with E-state index in [9.17, 15) is 9.90 Å². The van der Waals surface area contributed by atoms with Crippen LogP contribution in [0, 0.1) is 0 Å². The Morgan fingerprint density at radius 1 is 1.50 bits per heavy atom. The molecule has 0 aromatic rings. The van der Waals surface area contributed by atoms with E-state index in [-0.39, 0.29) is 24.3 Å². The molecule has 5 nitrogen and oxygen atoms in total. The molecule has 2 rings (SSSR count). The van der Waals surface area contributed by atoms with Crippen molar-refractivity contribution < 1.29 is 19.4 Å². The number of carbonyl (C=O) groups is 1. The minimum Gasteiger partial charge on any atom is -0.444 e. The smallest absolute Gasteiger partial charge is 0.410 e. The van der Waals surface area contributed by atoms with E-state index in [2.05, 4.69) is 0 Å². The Hall–Kier alpha value is -0.810. The quantitative estimate of drug-likeness (QED) is 0.623. The van der Waals surface area contributed by atoms with Crippen molar-refractivity contribution in [1.82, 2.24) is 4.90 Å². The summed E-state index contributed by atoms with van der Waals surface area (Å²) in [6, 6.07) is -0.251. The third-order valence-corrected chi connectivity index (χ3v) is 2.95. The van der Waals surface area contributed by atoms with E-state index in [1.807, 2.05) is 27.7 Å². The number of hydrogen-bond acceptors (Lipinski definition) is 4. The maximum Gasteiger partial charge on any atom is 0.410 e. The average molecular weight is 229 g/mol. The van der Waals surface area contributed by atoms with Gasteiger partial charge in [0.1, 0.15) is 23.9 Å². The summed E-state index contributed by atoms with van der Waals surface area (Å²) in [4.78, 5) is 13.4. The fraction of sp³-hybridized carbons (Fsp3) is 0.909. The lowest BCUT2D eigenvalue weighted by Crippen LogP contribution is -2.54. The highest BCUT2D eigenvalue weighted by Crippen LogP contribution is 2.35. The molecule has 0 aromatic carbocycles. The largest absolute Gasteiger partial charge is 0.444 e. The maximum absolute atomic E-state index is 11.9. The van der Waals surface area contributed by atoms with Crippen molar-refractivity contribution in [2.24, 2.45) is 0 Å². The van der Waals surface area contributed by atoms with Gasteiger partial charge in [-0.25, -0.2) is 4.79 Å². The molecule has 0 spiro atoms. The van der Waals surface area contributed by atoms with E-state index in [0.29, 0.717) is 6.54 Å². The Labute approximate surface area is 95.3 Å². The van der Waals surface area contributed by atoms with Gasteiger partial charge >= 0.3 is 6.09 Å². The van der Waals surface area contributed by atoms with Crippen molar-refractivity contribution >= 4 is 6.09 Å². The highest BCUT2D eigenvalue weighted by atomic mass is 16.6. The van der Waals surface area contributed by atoms with Crippen LogP contribution in [0.3, 0.4) is 0 Å². The van der Waals surface area contributed by atoms with Crippen molar-refractivity contribution in [1.29, 1.82) is 0 Å². The van der Waals surface area contributed by atoms with Crippen LogP contribution < -0.4 is 0 Å². The van der Waals surface area contributed by atoms with Crippen molar-refractivity contribution in [3.8, 4) is 0 Å². The van der Waals surface area contributed by atoms with E-state index in [1.54, 1.807) is 4.90 Å². The van der Waals surface area contributed by atoms with Crippen molar-refractivity contribution in [2.45, 2.75) is 57.6 Å². The maximum atomic E-state index is 11.9. The monoisotopic (exact) mass is 229 g/mol.